The van der Waals surface area contributed by atoms with Gasteiger partial charge in [-0.05, 0) is 31.9 Å². The highest BCUT2D eigenvalue weighted by Crippen LogP contribution is 2.23. The number of halogens is 2. The highest BCUT2D eigenvalue weighted by molar-refractivity contribution is 5.30. The van der Waals surface area contributed by atoms with Crippen molar-refractivity contribution in [2.75, 3.05) is 0 Å². The van der Waals surface area contributed by atoms with E-state index in [4.69, 9.17) is 10.8 Å². The number of phenols is 1. The summed E-state index contributed by atoms with van der Waals surface area (Å²) in [6.07, 6.45) is 0.218. The van der Waals surface area contributed by atoms with E-state index in [9.17, 15) is 8.78 Å². The minimum atomic E-state index is -1.22. The Bertz CT molecular complexity index is 345. The molecule has 1 aromatic carbocycles. The number of hydrogen-bond acceptors (Lipinski definition) is 2. The van der Waals surface area contributed by atoms with Crippen molar-refractivity contribution < 1.29 is 13.9 Å². The molecule has 0 unspecified atom stereocenters. The van der Waals surface area contributed by atoms with Crippen LogP contribution in [-0.4, -0.2) is 10.6 Å². The van der Waals surface area contributed by atoms with Gasteiger partial charge in [-0.15, -0.1) is 0 Å². The Balaban J connectivity index is 3.06. The van der Waals surface area contributed by atoms with E-state index in [2.05, 4.69) is 0 Å². The van der Waals surface area contributed by atoms with Gasteiger partial charge < -0.3 is 10.8 Å². The first kappa shape index (κ1) is 10.9. The Hall–Kier alpha value is -1.16. The Morgan fingerprint density at radius 1 is 1.29 bits per heavy atom. The molecule has 0 aromatic heterocycles. The molecular weight excluding hydrogens is 188 g/mol. The van der Waals surface area contributed by atoms with Gasteiger partial charge in [0.15, 0.2) is 11.6 Å². The summed E-state index contributed by atoms with van der Waals surface area (Å²) in [7, 11) is 0. The monoisotopic (exact) mass is 201 g/mol. The fourth-order valence-corrected chi connectivity index (χ4v) is 1.21. The van der Waals surface area contributed by atoms with Crippen molar-refractivity contribution in [3.05, 3.63) is 29.3 Å². The van der Waals surface area contributed by atoms with Crippen LogP contribution >= 0.6 is 0 Å². The van der Waals surface area contributed by atoms with Crippen molar-refractivity contribution in [1.29, 1.82) is 0 Å². The first-order chi connectivity index (χ1) is 6.31. The predicted octanol–water partition coefficient (Wildman–Crippen LogP) is 1.95. The molecule has 3 N–H and O–H groups in total. The van der Waals surface area contributed by atoms with Gasteiger partial charge in [-0.2, -0.15) is 4.39 Å². The first-order valence-electron chi connectivity index (χ1n) is 4.26. The second kappa shape index (κ2) is 3.53. The molecule has 0 atom stereocenters. The third kappa shape index (κ3) is 2.42. The van der Waals surface area contributed by atoms with E-state index < -0.39 is 22.9 Å². The summed E-state index contributed by atoms with van der Waals surface area (Å²) < 4.78 is 26.1. The zero-order valence-corrected chi connectivity index (χ0v) is 8.14. The van der Waals surface area contributed by atoms with Gasteiger partial charge in [0.05, 0.1) is 0 Å². The van der Waals surface area contributed by atoms with Crippen LogP contribution in [0.5, 0.6) is 5.75 Å². The minimum Gasteiger partial charge on any atom is -0.505 e. The molecule has 1 aromatic rings. The van der Waals surface area contributed by atoms with Crippen LogP contribution in [0.2, 0.25) is 0 Å². The number of phenolic OH excluding ortho intramolecular Hbond substituents is 1. The molecule has 0 saturated carbocycles. The fourth-order valence-electron chi connectivity index (χ4n) is 1.21. The summed E-state index contributed by atoms with van der Waals surface area (Å²) in [6.45, 7) is 3.44. The van der Waals surface area contributed by atoms with Gasteiger partial charge in [0, 0.05) is 5.54 Å². The smallest absolute Gasteiger partial charge is 0.200 e. The molecule has 0 radical (unpaired) electrons. The molecule has 0 fully saturated rings. The maximum absolute atomic E-state index is 13.2. The first-order valence-corrected chi connectivity index (χ1v) is 4.26. The van der Waals surface area contributed by atoms with Gasteiger partial charge in [-0.1, -0.05) is 6.07 Å². The van der Waals surface area contributed by atoms with Gasteiger partial charge >= 0.3 is 0 Å². The Kier molecular flexibility index (Phi) is 2.76. The van der Waals surface area contributed by atoms with E-state index in [0.717, 1.165) is 6.07 Å². The summed E-state index contributed by atoms with van der Waals surface area (Å²) in [4.78, 5) is 0. The molecule has 0 spiro atoms. The van der Waals surface area contributed by atoms with Gasteiger partial charge in [-0.25, -0.2) is 4.39 Å². The lowest BCUT2D eigenvalue weighted by Gasteiger charge is -2.18. The van der Waals surface area contributed by atoms with Crippen LogP contribution in [0, 0.1) is 11.6 Å². The number of aromatic hydroxyl groups is 1. The lowest BCUT2D eigenvalue weighted by atomic mass is 9.96. The quantitative estimate of drug-likeness (QED) is 0.768. The van der Waals surface area contributed by atoms with Crippen LogP contribution < -0.4 is 5.73 Å². The molecule has 78 valence electrons. The van der Waals surface area contributed by atoms with Crippen molar-refractivity contribution in [2.45, 2.75) is 25.8 Å². The van der Waals surface area contributed by atoms with Gasteiger partial charge in [0.25, 0.3) is 0 Å². The molecule has 2 nitrogen and oxygen atoms in total. The van der Waals surface area contributed by atoms with Crippen molar-refractivity contribution in [3.8, 4) is 5.75 Å². The molecule has 4 heteroatoms. The van der Waals surface area contributed by atoms with Crippen LogP contribution in [0.4, 0.5) is 8.78 Å². The van der Waals surface area contributed by atoms with E-state index >= 15 is 0 Å². The second-order valence-corrected chi connectivity index (χ2v) is 4.04. The topological polar surface area (TPSA) is 46.2 Å². The lowest BCUT2D eigenvalue weighted by molar-refractivity contribution is 0.399. The third-order valence-electron chi connectivity index (χ3n) is 1.79. The molecule has 0 amide bonds. The van der Waals surface area contributed by atoms with Gasteiger partial charge in [0.2, 0.25) is 5.82 Å². The average Bonchev–Trinajstić information content (AvgIpc) is 2.04. The Morgan fingerprint density at radius 2 is 1.86 bits per heavy atom. The molecule has 0 aliphatic heterocycles. The van der Waals surface area contributed by atoms with Gasteiger partial charge in [0.1, 0.15) is 0 Å². The predicted molar refractivity (Wildman–Crippen MR) is 50.0 cm³/mol. The fraction of sp³-hybridized carbons (Fsp3) is 0.400. The summed E-state index contributed by atoms with van der Waals surface area (Å²) in [6, 6.07) is 2.46. The second-order valence-electron chi connectivity index (χ2n) is 4.04. The van der Waals surface area contributed by atoms with Crippen LogP contribution in [-0.2, 0) is 6.42 Å². The van der Waals surface area contributed by atoms with Crippen molar-refractivity contribution in [2.24, 2.45) is 5.73 Å². The molecular formula is C10H13F2NO. The van der Waals surface area contributed by atoms with Crippen LogP contribution in [0.25, 0.3) is 0 Å². The maximum Gasteiger partial charge on any atom is 0.200 e. The molecule has 0 bridgehead atoms. The average molecular weight is 201 g/mol. The Labute approximate surface area is 81.4 Å². The molecule has 0 aliphatic carbocycles. The standard InChI is InChI=1S/C10H13F2NO/c1-10(2,13)5-6-3-4-7(14)9(12)8(6)11/h3-4,14H,5,13H2,1-2H3. The molecule has 0 saturated heterocycles. The van der Waals surface area contributed by atoms with E-state index in [1.54, 1.807) is 13.8 Å². The number of rotatable bonds is 2. The van der Waals surface area contributed by atoms with Crippen LogP contribution in [0.15, 0.2) is 12.1 Å². The van der Waals surface area contributed by atoms with Gasteiger partial charge in [-0.3, -0.25) is 0 Å². The van der Waals surface area contributed by atoms with E-state index in [0.29, 0.717) is 0 Å². The highest BCUT2D eigenvalue weighted by atomic mass is 19.2. The summed E-state index contributed by atoms with van der Waals surface area (Å²) >= 11 is 0. The van der Waals surface area contributed by atoms with Crippen LogP contribution in [0.1, 0.15) is 19.4 Å². The summed E-state index contributed by atoms with van der Waals surface area (Å²) in [5.74, 6) is -2.92. The summed E-state index contributed by atoms with van der Waals surface area (Å²) in [5.41, 5.74) is 5.24. The van der Waals surface area contributed by atoms with E-state index in [1.807, 2.05) is 0 Å². The summed E-state index contributed by atoms with van der Waals surface area (Å²) in [5, 5.41) is 8.88. The minimum absolute atomic E-state index is 0.174. The SMILES string of the molecule is CC(C)(N)Cc1ccc(O)c(F)c1F. The zero-order valence-electron chi connectivity index (χ0n) is 8.14. The third-order valence-corrected chi connectivity index (χ3v) is 1.79. The zero-order chi connectivity index (χ0) is 10.9. The van der Waals surface area contributed by atoms with Crippen LogP contribution in [0.3, 0.4) is 0 Å². The molecule has 0 heterocycles. The van der Waals surface area contributed by atoms with Crippen molar-refractivity contribution >= 4 is 0 Å². The Morgan fingerprint density at radius 3 is 2.36 bits per heavy atom. The lowest BCUT2D eigenvalue weighted by Crippen LogP contribution is -2.34. The molecule has 0 aliphatic rings. The molecule has 1 rings (SSSR count). The highest BCUT2D eigenvalue weighted by Gasteiger charge is 2.18. The number of benzene rings is 1. The van der Waals surface area contributed by atoms with E-state index in [-0.39, 0.29) is 12.0 Å². The number of hydrogen-bond donors (Lipinski definition) is 2. The van der Waals surface area contributed by atoms with Crippen molar-refractivity contribution in [1.82, 2.24) is 0 Å². The molecule has 14 heavy (non-hydrogen) atoms. The normalized spacial score (nSPS) is 11.8. The maximum atomic E-state index is 13.2. The largest absolute Gasteiger partial charge is 0.505 e. The number of nitrogens with two attached hydrogens (primary N) is 1. The van der Waals surface area contributed by atoms with E-state index in [1.165, 1.54) is 6.07 Å². The van der Waals surface area contributed by atoms with Crippen molar-refractivity contribution in [3.63, 3.8) is 0 Å².